The first-order valence-corrected chi connectivity index (χ1v) is 7.75. The van der Waals surface area contributed by atoms with E-state index in [4.69, 9.17) is 4.74 Å². The van der Waals surface area contributed by atoms with Crippen molar-refractivity contribution in [3.8, 4) is 5.75 Å². The molecule has 0 saturated heterocycles. The van der Waals surface area contributed by atoms with Crippen molar-refractivity contribution >= 4 is 15.7 Å². The molecular weight excluding hydrogens is 293 g/mol. The highest BCUT2D eigenvalue weighted by atomic mass is 32.2. The van der Waals surface area contributed by atoms with Crippen molar-refractivity contribution in [1.29, 1.82) is 0 Å². The lowest BCUT2D eigenvalue weighted by atomic mass is 10.2. The maximum Gasteiger partial charge on any atom is 0.262 e. The molecule has 0 saturated carbocycles. The van der Waals surface area contributed by atoms with E-state index in [1.165, 1.54) is 26.2 Å². The van der Waals surface area contributed by atoms with Gasteiger partial charge in [0.05, 0.1) is 17.7 Å². The van der Waals surface area contributed by atoms with Crippen LogP contribution in [0.1, 0.15) is 11.1 Å². The molecule has 2 aromatic carbocycles. The lowest BCUT2D eigenvalue weighted by Gasteiger charge is -2.13. The second kappa shape index (κ2) is 5.73. The smallest absolute Gasteiger partial charge is 0.262 e. The Balaban J connectivity index is 2.41. The number of aryl methyl sites for hydroxylation is 2. The highest BCUT2D eigenvalue weighted by Gasteiger charge is 2.17. The number of benzene rings is 2. The molecule has 4 nitrogen and oxygen atoms in total. The van der Waals surface area contributed by atoms with E-state index >= 15 is 0 Å². The first-order valence-electron chi connectivity index (χ1n) is 6.27. The van der Waals surface area contributed by atoms with Crippen molar-refractivity contribution in [1.82, 2.24) is 0 Å². The molecule has 6 heteroatoms. The van der Waals surface area contributed by atoms with Gasteiger partial charge in [0.15, 0.2) is 0 Å². The Hall–Kier alpha value is -2.08. The van der Waals surface area contributed by atoms with Crippen LogP contribution in [0.3, 0.4) is 0 Å². The lowest BCUT2D eigenvalue weighted by Crippen LogP contribution is -2.14. The minimum Gasteiger partial charge on any atom is -0.495 e. The van der Waals surface area contributed by atoms with Crippen LogP contribution in [0.15, 0.2) is 41.3 Å². The molecule has 2 rings (SSSR count). The lowest BCUT2D eigenvalue weighted by molar-refractivity contribution is 0.417. The molecule has 0 aliphatic carbocycles. The van der Waals surface area contributed by atoms with Gasteiger partial charge in [0, 0.05) is 0 Å². The summed E-state index contributed by atoms with van der Waals surface area (Å²) in [6.45, 7) is 3.36. The number of ether oxygens (including phenoxy) is 1. The second-order valence-corrected chi connectivity index (χ2v) is 6.40. The van der Waals surface area contributed by atoms with E-state index in [1.54, 1.807) is 12.1 Å². The number of hydrogen-bond donors (Lipinski definition) is 1. The van der Waals surface area contributed by atoms with Gasteiger partial charge in [-0.3, -0.25) is 4.72 Å². The maximum absolute atomic E-state index is 13.3. The quantitative estimate of drug-likeness (QED) is 0.943. The van der Waals surface area contributed by atoms with Crippen molar-refractivity contribution in [3.63, 3.8) is 0 Å². The third-order valence-corrected chi connectivity index (χ3v) is 4.40. The van der Waals surface area contributed by atoms with Gasteiger partial charge >= 0.3 is 0 Å². The third kappa shape index (κ3) is 3.33. The Labute approximate surface area is 123 Å². The summed E-state index contributed by atoms with van der Waals surface area (Å²) in [5.74, 6) is -0.0231. The number of rotatable bonds is 4. The summed E-state index contributed by atoms with van der Waals surface area (Å²) >= 11 is 0. The Morgan fingerprint density at radius 2 is 1.81 bits per heavy atom. The molecule has 0 aliphatic rings. The first-order chi connectivity index (χ1) is 9.83. The van der Waals surface area contributed by atoms with Gasteiger partial charge < -0.3 is 4.74 Å². The summed E-state index contributed by atoms with van der Waals surface area (Å²) in [6, 6.07) is 8.83. The zero-order chi connectivity index (χ0) is 15.6. The fourth-order valence-corrected chi connectivity index (χ4v) is 3.04. The normalized spacial score (nSPS) is 11.2. The molecule has 0 spiro atoms. The predicted octanol–water partition coefficient (Wildman–Crippen LogP) is 3.25. The Morgan fingerprint density at radius 3 is 2.43 bits per heavy atom. The summed E-state index contributed by atoms with van der Waals surface area (Å²) in [6.07, 6.45) is 0. The van der Waals surface area contributed by atoms with E-state index in [0.717, 1.165) is 11.6 Å². The van der Waals surface area contributed by atoms with Gasteiger partial charge in [-0.05, 0) is 55.3 Å². The fraction of sp³-hybridized carbons (Fsp3) is 0.200. The van der Waals surface area contributed by atoms with Crippen LogP contribution >= 0.6 is 0 Å². The molecule has 2 aromatic rings. The van der Waals surface area contributed by atoms with Gasteiger partial charge in [-0.2, -0.15) is 0 Å². The van der Waals surface area contributed by atoms with Crippen LogP contribution in [0.25, 0.3) is 0 Å². The summed E-state index contributed by atoms with van der Waals surface area (Å²) in [4.78, 5) is 0.00459. The zero-order valence-electron chi connectivity index (χ0n) is 12.0. The molecule has 0 bridgehead atoms. The Morgan fingerprint density at radius 1 is 1.10 bits per heavy atom. The number of methoxy groups -OCH3 is 1. The second-order valence-electron chi connectivity index (χ2n) is 4.72. The number of nitrogens with one attached hydrogen (secondary N) is 1. The monoisotopic (exact) mass is 309 g/mol. The topological polar surface area (TPSA) is 55.4 Å². The number of anilines is 1. The van der Waals surface area contributed by atoms with Gasteiger partial charge in [-0.25, -0.2) is 12.8 Å². The number of halogens is 1. The minimum absolute atomic E-state index is 0.00459. The van der Waals surface area contributed by atoms with Gasteiger partial charge in [0.25, 0.3) is 10.0 Å². The highest BCUT2D eigenvalue weighted by molar-refractivity contribution is 7.92. The number of hydrogen-bond acceptors (Lipinski definition) is 3. The molecule has 0 aromatic heterocycles. The van der Waals surface area contributed by atoms with Crippen molar-refractivity contribution < 1.29 is 17.5 Å². The molecule has 0 fully saturated rings. The van der Waals surface area contributed by atoms with E-state index in [1.807, 2.05) is 13.0 Å². The molecule has 0 aliphatic heterocycles. The fourth-order valence-electron chi connectivity index (χ4n) is 1.89. The van der Waals surface area contributed by atoms with Crippen LogP contribution < -0.4 is 9.46 Å². The average Bonchev–Trinajstić information content (AvgIpc) is 2.41. The predicted molar refractivity (Wildman–Crippen MR) is 79.7 cm³/mol. The molecule has 0 unspecified atom stereocenters. The van der Waals surface area contributed by atoms with Crippen LogP contribution in [-0.2, 0) is 10.0 Å². The molecule has 1 N–H and O–H groups in total. The average molecular weight is 309 g/mol. The Bertz CT molecular complexity index is 772. The summed E-state index contributed by atoms with van der Waals surface area (Å²) < 4.78 is 45.6. The molecule has 0 atom stereocenters. The van der Waals surface area contributed by atoms with Crippen molar-refractivity contribution in [2.75, 3.05) is 11.8 Å². The highest BCUT2D eigenvalue weighted by Crippen LogP contribution is 2.28. The summed E-state index contributed by atoms with van der Waals surface area (Å²) in [5.41, 5.74) is 1.51. The maximum atomic E-state index is 13.3. The molecule has 112 valence electrons. The van der Waals surface area contributed by atoms with Gasteiger partial charge in [-0.1, -0.05) is 6.07 Å². The zero-order valence-corrected chi connectivity index (χ0v) is 12.8. The van der Waals surface area contributed by atoms with E-state index in [0.29, 0.717) is 11.4 Å². The van der Waals surface area contributed by atoms with Gasteiger partial charge in [0.1, 0.15) is 11.6 Å². The van der Waals surface area contributed by atoms with Crippen LogP contribution in [0.4, 0.5) is 10.1 Å². The van der Waals surface area contributed by atoms with Crippen LogP contribution in [0.5, 0.6) is 5.75 Å². The van der Waals surface area contributed by atoms with E-state index in [9.17, 15) is 12.8 Å². The standard InChI is InChI=1S/C15H16FNO3S/c1-10-4-7-15(20-3)14(8-10)17-21(18,19)12-5-6-13(16)11(2)9-12/h4-9,17H,1-3H3. The molecular formula is C15H16FNO3S. The SMILES string of the molecule is COc1ccc(C)cc1NS(=O)(=O)c1ccc(F)c(C)c1. The minimum atomic E-state index is -3.80. The van der Waals surface area contributed by atoms with Gasteiger partial charge in [0.2, 0.25) is 0 Å². The molecule has 0 heterocycles. The van der Waals surface area contributed by atoms with Crippen molar-refractivity contribution in [2.45, 2.75) is 18.7 Å². The van der Waals surface area contributed by atoms with Crippen molar-refractivity contribution in [3.05, 3.63) is 53.3 Å². The summed E-state index contributed by atoms with van der Waals surface area (Å²) in [5, 5.41) is 0. The van der Waals surface area contributed by atoms with Crippen LogP contribution in [0, 0.1) is 19.7 Å². The Kier molecular flexibility index (Phi) is 4.18. The molecule has 21 heavy (non-hydrogen) atoms. The number of sulfonamides is 1. The van der Waals surface area contributed by atoms with Crippen molar-refractivity contribution in [2.24, 2.45) is 0 Å². The van der Waals surface area contributed by atoms with E-state index in [-0.39, 0.29) is 10.5 Å². The van der Waals surface area contributed by atoms with Crippen LogP contribution in [0.2, 0.25) is 0 Å². The van der Waals surface area contributed by atoms with Gasteiger partial charge in [-0.15, -0.1) is 0 Å². The van der Waals surface area contributed by atoms with Crippen LogP contribution in [-0.4, -0.2) is 15.5 Å². The van der Waals surface area contributed by atoms with E-state index in [2.05, 4.69) is 4.72 Å². The molecule has 0 radical (unpaired) electrons. The largest absolute Gasteiger partial charge is 0.495 e. The third-order valence-electron chi connectivity index (χ3n) is 3.04. The first kappa shape index (κ1) is 15.3. The molecule has 0 amide bonds. The van der Waals surface area contributed by atoms with E-state index < -0.39 is 15.8 Å². The summed E-state index contributed by atoms with van der Waals surface area (Å²) in [7, 11) is -2.34.